The first-order valence-corrected chi connectivity index (χ1v) is 7.69. The zero-order valence-electron chi connectivity index (χ0n) is 12.5. The number of likely N-dealkylation sites (N-methyl/N-ethyl adjacent to an activating group) is 1. The largest absolute Gasteiger partial charge is 0.314 e. The minimum absolute atomic E-state index is 0.178. The van der Waals surface area contributed by atoms with E-state index in [0.29, 0.717) is 6.04 Å². The van der Waals surface area contributed by atoms with Crippen LogP contribution in [0.15, 0.2) is 42.5 Å². The summed E-state index contributed by atoms with van der Waals surface area (Å²) in [5, 5.41) is 4.30. The monoisotopic (exact) mass is 305 g/mol. The van der Waals surface area contributed by atoms with Gasteiger partial charge in [0.1, 0.15) is 5.82 Å². The second-order valence-corrected chi connectivity index (χ2v) is 5.73. The van der Waals surface area contributed by atoms with E-state index in [4.69, 9.17) is 11.6 Å². The van der Waals surface area contributed by atoms with Gasteiger partial charge in [-0.2, -0.15) is 0 Å². The molecule has 2 rings (SSSR count). The fourth-order valence-corrected chi connectivity index (χ4v) is 2.80. The molecule has 1 atom stereocenters. The van der Waals surface area contributed by atoms with E-state index < -0.39 is 0 Å². The predicted molar refractivity (Wildman–Crippen MR) is 87.5 cm³/mol. The van der Waals surface area contributed by atoms with Crippen LogP contribution in [0.3, 0.4) is 0 Å². The lowest BCUT2D eigenvalue weighted by molar-refractivity contribution is 0.520. The van der Waals surface area contributed by atoms with Crippen molar-refractivity contribution in [1.29, 1.82) is 0 Å². The fourth-order valence-electron chi connectivity index (χ4n) is 2.59. The van der Waals surface area contributed by atoms with E-state index in [0.717, 1.165) is 35.5 Å². The van der Waals surface area contributed by atoms with Crippen molar-refractivity contribution < 1.29 is 4.39 Å². The van der Waals surface area contributed by atoms with Crippen molar-refractivity contribution in [2.45, 2.75) is 32.7 Å². The van der Waals surface area contributed by atoms with Gasteiger partial charge in [-0.25, -0.2) is 4.39 Å². The third-order valence-corrected chi connectivity index (χ3v) is 4.06. The smallest absolute Gasteiger partial charge is 0.123 e. The average Bonchev–Trinajstić information content (AvgIpc) is 2.44. The van der Waals surface area contributed by atoms with E-state index in [9.17, 15) is 4.39 Å². The molecular weight excluding hydrogens is 285 g/mol. The first-order chi connectivity index (χ1) is 10.1. The second kappa shape index (κ2) is 7.58. The number of benzene rings is 2. The topological polar surface area (TPSA) is 12.0 Å². The summed E-state index contributed by atoms with van der Waals surface area (Å²) in [6.45, 7) is 4.95. The average molecular weight is 306 g/mol. The summed E-state index contributed by atoms with van der Waals surface area (Å²) in [5.74, 6) is -0.178. The van der Waals surface area contributed by atoms with Gasteiger partial charge in [0, 0.05) is 11.1 Å². The minimum Gasteiger partial charge on any atom is -0.314 e. The van der Waals surface area contributed by atoms with Crippen molar-refractivity contribution in [2.24, 2.45) is 0 Å². The van der Waals surface area contributed by atoms with Crippen molar-refractivity contribution in [3.63, 3.8) is 0 Å². The van der Waals surface area contributed by atoms with Crippen LogP contribution in [0.25, 0.3) is 0 Å². The highest BCUT2D eigenvalue weighted by Crippen LogP contribution is 2.19. The van der Waals surface area contributed by atoms with Gasteiger partial charge in [-0.3, -0.25) is 0 Å². The Morgan fingerprint density at radius 3 is 2.48 bits per heavy atom. The fraction of sp³-hybridized carbons (Fsp3) is 0.333. The standard InChI is InChI=1S/C18H21ClFN/c1-3-21-17(12-15-6-4-5-7-18(15)19)11-14-8-9-16(20)10-13(14)2/h4-10,17,21H,3,11-12H2,1-2H3. The molecule has 0 saturated heterocycles. The highest BCUT2D eigenvalue weighted by molar-refractivity contribution is 6.31. The van der Waals surface area contributed by atoms with E-state index in [1.807, 2.05) is 31.2 Å². The summed E-state index contributed by atoms with van der Waals surface area (Å²) in [7, 11) is 0. The van der Waals surface area contributed by atoms with Crippen LogP contribution in [0, 0.1) is 12.7 Å². The molecule has 1 nitrogen and oxygen atoms in total. The Morgan fingerprint density at radius 2 is 1.81 bits per heavy atom. The van der Waals surface area contributed by atoms with Crippen LogP contribution in [0.2, 0.25) is 5.02 Å². The Morgan fingerprint density at radius 1 is 1.10 bits per heavy atom. The minimum atomic E-state index is -0.178. The molecule has 21 heavy (non-hydrogen) atoms. The highest BCUT2D eigenvalue weighted by atomic mass is 35.5. The van der Waals surface area contributed by atoms with Crippen molar-refractivity contribution in [1.82, 2.24) is 5.32 Å². The lowest BCUT2D eigenvalue weighted by Crippen LogP contribution is -2.33. The molecule has 2 aromatic rings. The third-order valence-electron chi connectivity index (χ3n) is 3.69. The van der Waals surface area contributed by atoms with Gasteiger partial charge in [0.15, 0.2) is 0 Å². The van der Waals surface area contributed by atoms with Crippen LogP contribution < -0.4 is 5.32 Å². The quantitative estimate of drug-likeness (QED) is 0.825. The van der Waals surface area contributed by atoms with Gasteiger partial charge >= 0.3 is 0 Å². The second-order valence-electron chi connectivity index (χ2n) is 5.33. The number of halogens is 2. The summed E-state index contributed by atoms with van der Waals surface area (Å²) in [6, 6.07) is 13.2. The Kier molecular flexibility index (Phi) is 5.77. The summed E-state index contributed by atoms with van der Waals surface area (Å²) >= 11 is 6.25. The maximum absolute atomic E-state index is 13.2. The van der Waals surface area contributed by atoms with Gasteiger partial charge in [0.05, 0.1) is 0 Å². The van der Waals surface area contributed by atoms with Crippen LogP contribution in [0.4, 0.5) is 4.39 Å². The number of aryl methyl sites for hydroxylation is 1. The van der Waals surface area contributed by atoms with Crippen LogP contribution in [-0.2, 0) is 12.8 Å². The van der Waals surface area contributed by atoms with E-state index in [2.05, 4.69) is 18.3 Å². The maximum atomic E-state index is 13.2. The van der Waals surface area contributed by atoms with Gasteiger partial charge in [-0.1, -0.05) is 42.8 Å². The van der Waals surface area contributed by atoms with E-state index >= 15 is 0 Å². The highest BCUT2D eigenvalue weighted by Gasteiger charge is 2.13. The Bertz CT molecular complexity index is 598. The molecule has 0 spiro atoms. The van der Waals surface area contributed by atoms with Gasteiger partial charge < -0.3 is 5.32 Å². The molecule has 0 aromatic heterocycles. The molecule has 2 aromatic carbocycles. The molecule has 0 amide bonds. The Balaban J connectivity index is 2.14. The lowest BCUT2D eigenvalue weighted by atomic mass is 9.96. The normalized spacial score (nSPS) is 12.4. The first-order valence-electron chi connectivity index (χ1n) is 7.32. The number of hydrogen-bond donors (Lipinski definition) is 1. The summed E-state index contributed by atoms with van der Waals surface area (Å²) < 4.78 is 13.2. The summed E-state index contributed by atoms with van der Waals surface area (Å²) in [5.41, 5.74) is 3.32. The molecule has 0 aliphatic heterocycles. The zero-order valence-corrected chi connectivity index (χ0v) is 13.3. The molecule has 3 heteroatoms. The molecule has 0 aliphatic rings. The maximum Gasteiger partial charge on any atom is 0.123 e. The van der Waals surface area contributed by atoms with Crippen molar-refractivity contribution >= 4 is 11.6 Å². The molecule has 1 N–H and O–H groups in total. The van der Waals surface area contributed by atoms with E-state index in [1.54, 1.807) is 6.07 Å². The summed E-state index contributed by atoms with van der Waals surface area (Å²) in [6.07, 6.45) is 1.73. The molecule has 0 heterocycles. The molecule has 1 unspecified atom stereocenters. The number of rotatable bonds is 6. The molecule has 0 aliphatic carbocycles. The van der Waals surface area contributed by atoms with Gasteiger partial charge in [0.2, 0.25) is 0 Å². The van der Waals surface area contributed by atoms with Crippen LogP contribution in [0.1, 0.15) is 23.6 Å². The third kappa shape index (κ3) is 4.55. The van der Waals surface area contributed by atoms with Crippen LogP contribution in [-0.4, -0.2) is 12.6 Å². The predicted octanol–water partition coefficient (Wildman–Crippen LogP) is 4.55. The number of nitrogens with one attached hydrogen (secondary N) is 1. The Labute approximate surface area is 131 Å². The molecule has 0 radical (unpaired) electrons. The van der Waals surface area contributed by atoms with Gasteiger partial charge in [0.25, 0.3) is 0 Å². The van der Waals surface area contributed by atoms with E-state index in [1.165, 1.54) is 11.6 Å². The van der Waals surface area contributed by atoms with Crippen molar-refractivity contribution in [2.75, 3.05) is 6.54 Å². The van der Waals surface area contributed by atoms with Crippen LogP contribution in [0.5, 0.6) is 0 Å². The molecule has 0 saturated carbocycles. The van der Waals surface area contributed by atoms with Gasteiger partial charge in [-0.05, 0) is 61.2 Å². The van der Waals surface area contributed by atoms with Crippen LogP contribution >= 0.6 is 11.6 Å². The SMILES string of the molecule is CCNC(Cc1ccc(F)cc1C)Cc1ccccc1Cl. The zero-order chi connectivity index (χ0) is 15.2. The lowest BCUT2D eigenvalue weighted by Gasteiger charge is -2.20. The molecular formula is C18H21ClFN. The van der Waals surface area contributed by atoms with Crippen molar-refractivity contribution in [3.8, 4) is 0 Å². The first kappa shape index (κ1) is 16.0. The molecule has 0 fully saturated rings. The molecule has 0 bridgehead atoms. The summed E-state index contributed by atoms with van der Waals surface area (Å²) in [4.78, 5) is 0. The van der Waals surface area contributed by atoms with E-state index in [-0.39, 0.29) is 5.82 Å². The Hall–Kier alpha value is -1.38. The van der Waals surface area contributed by atoms with Gasteiger partial charge in [-0.15, -0.1) is 0 Å². The molecule has 112 valence electrons. The number of hydrogen-bond acceptors (Lipinski definition) is 1. The van der Waals surface area contributed by atoms with Crippen molar-refractivity contribution in [3.05, 3.63) is 70.0 Å².